The van der Waals surface area contributed by atoms with Crippen LogP contribution in [0.4, 0.5) is 0 Å². The molecule has 1 unspecified atom stereocenters. The Hall–Kier alpha value is -0.0800. The van der Waals surface area contributed by atoms with Crippen LogP contribution in [0.2, 0.25) is 0 Å². The van der Waals surface area contributed by atoms with Gasteiger partial charge in [0.2, 0.25) is 0 Å². The third kappa shape index (κ3) is 11.0. The minimum Gasteiger partial charge on any atom is -0.309 e. The van der Waals surface area contributed by atoms with Crippen LogP contribution in [0.3, 0.4) is 0 Å². The van der Waals surface area contributed by atoms with E-state index in [0.717, 1.165) is 6.04 Å². The van der Waals surface area contributed by atoms with Crippen LogP contribution in [0.25, 0.3) is 0 Å². The van der Waals surface area contributed by atoms with Crippen LogP contribution in [0.15, 0.2) is 0 Å². The Morgan fingerprint density at radius 3 is 1.67 bits per heavy atom. The van der Waals surface area contributed by atoms with Crippen molar-refractivity contribution < 1.29 is 0 Å². The number of hydrogen-bond donors (Lipinski definition) is 0. The van der Waals surface area contributed by atoms with E-state index in [1.807, 2.05) is 0 Å². The first-order valence-corrected chi connectivity index (χ1v) is 7.89. The second kappa shape index (κ2) is 12.0. The smallest absolute Gasteiger partial charge is 0.00865 e. The van der Waals surface area contributed by atoms with Crippen LogP contribution in [-0.4, -0.2) is 50.6 Å². The maximum atomic E-state index is 2.38. The average Bonchev–Trinajstić information content (AvgIpc) is 2.31. The fourth-order valence-electron chi connectivity index (χ4n) is 2.52. The largest absolute Gasteiger partial charge is 0.309 e. The van der Waals surface area contributed by atoms with Crippen molar-refractivity contribution in [3.05, 3.63) is 0 Å². The van der Waals surface area contributed by atoms with Crippen LogP contribution in [-0.2, 0) is 0 Å². The standard InChI is InChI=1S/C16H36N2/c1-6-16(18(4)5)14-12-10-8-7-9-11-13-15-17(2)3/h16H,6-15H2,1-5H3. The maximum Gasteiger partial charge on any atom is 0.00865 e. The molecule has 0 aliphatic heterocycles. The van der Waals surface area contributed by atoms with Crippen molar-refractivity contribution in [2.24, 2.45) is 0 Å². The summed E-state index contributed by atoms with van der Waals surface area (Å²) >= 11 is 0. The van der Waals surface area contributed by atoms with E-state index >= 15 is 0 Å². The molecule has 0 bridgehead atoms. The summed E-state index contributed by atoms with van der Waals surface area (Å²) in [6, 6.07) is 0.796. The molecule has 0 heterocycles. The first kappa shape index (κ1) is 17.9. The van der Waals surface area contributed by atoms with Gasteiger partial charge in [-0.1, -0.05) is 45.4 Å². The SMILES string of the molecule is CCC(CCCCCCCCCN(C)C)N(C)C. The molecule has 0 aromatic heterocycles. The molecule has 0 amide bonds. The van der Waals surface area contributed by atoms with Crippen molar-refractivity contribution in [2.45, 2.75) is 70.8 Å². The lowest BCUT2D eigenvalue weighted by molar-refractivity contribution is 0.264. The zero-order valence-electron chi connectivity index (χ0n) is 13.5. The van der Waals surface area contributed by atoms with E-state index in [1.165, 1.54) is 64.3 Å². The molecule has 0 saturated heterocycles. The monoisotopic (exact) mass is 256 g/mol. The van der Waals surface area contributed by atoms with Gasteiger partial charge in [0.1, 0.15) is 0 Å². The van der Waals surface area contributed by atoms with E-state index in [1.54, 1.807) is 0 Å². The minimum absolute atomic E-state index is 0.796. The Bertz CT molecular complexity index is 166. The molecule has 110 valence electrons. The molecule has 2 heteroatoms. The number of rotatable bonds is 12. The summed E-state index contributed by atoms with van der Waals surface area (Å²) in [4.78, 5) is 4.66. The Kier molecular flexibility index (Phi) is 11.9. The second-order valence-corrected chi connectivity index (χ2v) is 6.09. The van der Waals surface area contributed by atoms with E-state index in [9.17, 15) is 0 Å². The molecule has 0 aliphatic carbocycles. The summed E-state index contributed by atoms with van der Waals surface area (Å²) in [7, 11) is 8.74. The molecular weight excluding hydrogens is 220 g/mol. The highest BCUT2D eigenvalue weighted by Gasteiger charge is 2.07. The van der Waals surface area contributed by atoms with Crippen molar-refractivity contribution in [1.29, 1.82) is 0 Å². The summed E-state index contributed by atoms with van der Waals surface area (Å²) in [5.41, 5.74) is 0. The van der Waals surface area contributed by atoms with E-state index in [0.29, 0.717) is 0 Å². The first-order valence-electron chi connectivity index (χ1n) is 7.89. The number of hydrogen-bond acceptors (Lipinski definition) is 2. The second-order valence-electron chi connectivity index (χ2n) is 6.09. The van der Waals surface area contributed by atoms with Crippen molar-refractivity contribution in [2.75, 3.05) is 34.7 Å². The van der Waals surface area contributed by atoms with Crippen LogP contribution in [0, 0.1) is 0 Å². The molecule has 0 aromatic rings. The van der Waals surface area contributed by atoms with Crippen LogP contribution < -0.4 is 0 Å². The highest BCUT2D eigenvalue weighted by Crippen LogP contribution is 2.13. The van der Waals surface area contributed by atoms with Gasteiger partial charge in [-0.15, -0.1) is 0 Å². The summed E-state index contributed by atoms with van der Waals surface area (Å²) in [6.45, 7) is 3.55. The molecule has 0 N–H and O–H groups in total. The van der Waals surface area contributed by atoms with Crippen molar-refractivity contribution >= 4 is 0 Å². The van der Waals surface area contributed by atoms with Gasteiger partial charge in [-0.2, -0.15) is 0 Å². The Morgan fingerprint density at radius 2 is 1.22 bits per heavy atom. The summed E-state index contributed by atoms with van der Waals surface area (Å²) < 4.78 is 0. The van der Waals surface area contributed by atoms with Crippen LogP contribution >= 0.6 is 0 Å². The number of unbranched alkanes of at least 4 members (excludes halogenated alkanes) is 6. The fourth-order valence-corrected chi connectivity index (χ4v) is 2.52. The van der Waals surface area contributed by atoms with E-state index < -0.39 is 0 Å². The maximum absolute atomic E-state index is 2.38. The highest BCUT2D eigenvalue weighted by molar-refractivity contribution is 4.63. The summed E-state index contributed by atoms with van der Waals surface area (Å²) in [5.74, 6) is 0. The van der Waals surface area contributed by atoms with Gasteiger partial charge in [-0.3, -0.25) is 0 Å². The van der Waals surface area contributed by atoms with Gasteiger partial charge in [0, 0.05) is 6.04 Å². The molecular formula is C16H36N2. The fraction of sp³-hybridized carbons (Fsp3) is 1.00. The summed E-state index contributed by atoms with van der Waals surface area (Å²) in [6.07, 6.45) is 12.6. The highest BCUT2D eigenvalue weighted by atomic mass is 15.1. The molecule has 0 aliphatic rings. The molecule has 0 aromatic carbocycles. The Morgan fingerprint density at radius 1 is 0.722 bits per heavy atom. The third-order valence-electron chi connectivity index (χ3n) is 3.84. The molecule has 1 atom stereocenters. The van der Waals surface area contributed by atoms with E-state index in [-0.39, 0.29) is 0 Å². The van der Waals surface area contributed by atoms with E-state index in [4.69, 9.17) is 0 Å². The first-order chi connectivity index (χ1) is 8.57. The quantitative estimate of drug-likeness (QED) is 0.487. The Balaban J connectivity index is 3.20. The lowest BCUT2D eigenvalue weighted by Gasteiger charge is -2.22. The zero-order chi connectivity index (χ0) is 13.8. The Labute approximate surface area is 116 Å². The molecule has 0 saturated carbocycles. The van der Waals surface area contributed by atoms with Crippen molar-refractivity contribution in [3.8, 4) is 0 Å². The molecule has 0 fully saturated rings. The van der Waals surface area contributed by atoms with Crippen LogP contribution in [0.1, 0.15) is 64.7 Å². The van der Waals surface area contributed by atoms with Gasteiger partial charge in [-0.05, 0) is 54.0 Å². The third-order valence-corrected chi connectivity index (χ3v) is 3.84. The van der Waals surface area contributed by atoms with E-state index in [2.05, 4.69) is 44.9 Å². The van der Waals surface area contributed by atoms with Crippen LogP contribution in [0.5, 0.6) is 0 Å². The van der Waals surface area contributed by atoms with Crippen molar-refractivity contribution in [1.82, 2.24) is 9.80 Å². The topological polar surface area (TPSA) is 6.48 Å². The van der Waals surface area contributed by atoms with Gasteiger partial charge in [0.05, 0.1) is 0 Å². The van der Waals surface area contributed by atoms with Gasteiger partial charge in [-0.25, -0.2) is 0 Å². The lowest BCUT2D eigenvalue weighted by Crippen LogP contribution is -2.26. The van der Waals surface area contributed by atoms with Gasteiger partial charge < -0.3 is 9.80 Å². The van der Waals surface area contributed by atoms with Gasteiger partial charge in [0.15, 0.2) is 0 Å². The molecule has 0 radical (unpaired) electrons. The van der Waals surface area contributed by atoms with Crippen molar-refractivity contribution in [3.63, 3.8) is 0 Å². The van der Waals surface area contributed by atoms with Gasteiger partial charge in [0.25, 0.3) is 0 Å². The number of nitrogens with zero attached hydrogens (tertiary/aromatic N) is 2. The lowest BCUT2D eigenvalue weighted by atomic mass is 10.0. The zero-order valence-corrected chi connectivity index (χ0v) is 13.5. The normalized spacial score (nSPS) is 13.5. The molecule has 18 heavy (non-hydrogen) atoms. The van der Waals surface area contributed by atoms with Gasteiger partial charge >= 0.3 is 0 Å². The molecule has 0 rings (SSSR count). The predicted octanol–water partition coefficient (Wildman–Crippen LogP) is 4.01. The molecule has 0 spiro atoms. The minimum atomic E-state index is 0.796. The summed E-state index contributed by atoms with van der Waals surface area (Å²) in [5, 5.41) is 0. The molecule has 2 nitrogen and oxygen atoms in total. The predicted molar refractivity (Wildman–Crippen MR) is 83.3 cm³/mol. The average molecular weight is 256 g/mol.